The summed E-state index contributed by atoms with van der Waals surface area (Å²) < 4.78 is 45.5. The van der Waals surface area contributed by atoms with Gasteiger partial charge in [-0.25, -0.2) is 5.48 Å². The van der Waals surface area contributed by atoms with E-state index in [-0.39, 0.29) is 28.9 Å². The Morgan fingerprint density at radius 2 is 2.16 bits per heavy atom. The highest BCUT2D eigenvalue weighted by Crippen LogP contribution is 2.39. The smallest absolute Gasteiger partial charge is 0.414 e. The number of benzene rings is 1. The number of ether oxygens (including phenoxy) is 2. The first-order valence-electron chi connectivity index (χ1n) is 4.95. The van der Waals surface area contributed by atoms with Gasteiger partial charge in [-0.2, -0.15) is 13.2 Å². The lowest BCUT2D eigenvalue weighted by Gasteiger charge is -2.09. The third-order valence-corrected chi connectivity index (χ3v) is 2.37. The van der Waals surface area contributed by atoms with Crippen molar-refractivity contribution in [2.24, 2.45) is 0 Å². The number of carbonyl (C=O) groups excluding carboxylic acids is 1. The molecule has 0 saturated heterocycles. The summed E-state index contributed by atoms with van der Waals surface area (Å²) in [6.07, 6.45) is -4.53. The van der Waals surface area contributed by atoms with Crippen LogP contribution in [0.2, 0.25) is 5.02 Å². The summed E-state index contributed by atoms with van der Waals surface area (Å²) in [6.45, 7) is -1.62. The van der Waals surface area contributed by atoms with E-state index >= 15 is 0 Å². The molecule has 0 aliphatic carbocycles. The molecular formula is C10H7ClF3NO4. The van der Waals surface area contributed by atoms with Gasteiger partial charge in [0.25, 0.3) is 5.91 Å². The van der Waals surface area contributed by atoms with E-state index < -0.39 is 18.7 Å². The quantitative estimate of drug-likeness (QED) is 0.870. The number of fused-ring (bicyclic) bond motifs is 1. The number of halogens is 4. The third kappa shape index (κ3) is 3.42. The minimum Gasteiger partial charge on any atom is -0.454 e. The SMILES string of the molecule is O=C(NOCC(F)(F)F)c1cc(Cl)c2c(c1)OCO2. The molecule has 0 radical (unpaired) electrons. The number of hydrogen-bond donors (Lipinski definition) is 1. The number of rotatable bonds is 3. The molecule has 9 heteroatoms. The molecule has 19 heavy (non-hydrogen) atoms. The molecule has 0 saturated carbocycles. The Balaban J connectivity index is 2.02. The van der Waals surface area contributed by atoms with Crippen LogP contribution in [-0.4, -0.2) is 25.5 Å². The molecule has 1 heterocycles. The van der Waals surface area contributed by atoms with E-state index in [1.165, 1.54) is 12.1 Å². The molecule has 0 aromatic heterocycles. The Morgan fingerprint density at radius 1 is 1.42 bits per heavy atom. The highest BCUT2D eigenvalue weighted by molar-refractivity contribution is 6.32. The Hall–Kier alpha value is -1.67. The molecule has 0 spiro atoms. The van der Waals surface area contributed by atoms with Crippen molar-refractivity contribution >= 4 is 17.5 Å². The van der Waals surface area contributed by atoms with Crippen molar-refractivity contribution in [1.82, 2.24) is 5.48 Å². The number of amides is 1. The predicted octanol–water partition coefficient (Wildman–Crippen LogP) is 2.29. The van der Waals surface area contributed by atoms with Gasteiger partial charge >= 0.3 is 6.18 Å². The van der Waals surface area contributed by atoms with Crippen LogP contribution in [-0.2, 0) is 4.84 Å². The number of hydrogen-bond acceptors (Lipinski definition) is 4. The van der Waals surface area contributed by atoms with Gasteiger partial charge in [0.15, 0.2) is 18.1 Å². The molecule has 1 amide bonds. The van der Waals surface area contributed by atoms with E-state index in [1.54, 1.807) is 5.48 Å². The number of alkyl halides is 3. The fourth-order valence-electron chi connectivity index (χ4n) is 1.34. The molecule has 1 aromatic rings. The first-order valence-corrected chi connectivity index (χ1v) is 5.32. The molecular weight excluding hydrogens is 291 g/mol. The lowest BCUT2D eigenvalue weighted by atomic mass is 10.2. The molecule has 0 fully saturated rings. The van der Waals surface area contributed by atoms with Crippen LogP contribution in [0.25, 0.3) is 0 Å². The molecule has 1 aliphatic heterocycles. The summed E-state index contributed by atoms with van der Waals surface area (Å²) in [7, 11) is 0. The largest absolute Gasteiger partial charge is 0.454 e. The standard InChI is InChI=1S/C10H7ClF3NO4/c11-6-1-5(2-7-8(6)18-4-17-7)9(16)15-19-3-10(12,13)14/h1-2H,3-4H2,(H,15,16). The highest BCUT2D eigenvalue weighted by Gasteiger charge is 2.28. The highest BCUT2D eigenvalue weighted by atomic mass is 35.5. The topological polar surface area (TPSA) is 56.8 Å². The lowest BCUT2D eigenvalue weighted by molar-refractivity contribution is -0.184. The fraction of sp³-hybridized carbons (Fsp3) is 0.300. The zero-order valence-corrected chi connectivity index (χ0v) is 9.97. The van der Waals surface area contributed by atoms with Crippen LogP contribution in [0.5, 0.6) is 11.5 Å². The van der Waals surface area contributed by atoms with Crippen molar-refractivity contribution in [2.75, 3.05) is 13.4 Å². The van der Waals surface area contributed by atoms with Gasteiger partial charge in [0, 0.05) is 5.56 Å². The van der Waals surface area contributed by atoms with Crippen molar-refractivity contribution in [1.29, 1.82) is 0 Å². The van der Waals surface area contributed by atoms with E-state index in [2.05, 4.69) is 4.84 Å². The summed E-state index contributed by atoms with van der Waals surface area (Å²) in [6, 6.07) is 2.53. The minimum absolute atomic E-state index is 0.00331. The number of carbonyl (C=O) groups is 1. The zero-order valence-electron chi connectivity index (χ0n) is 9.21. The van der Waals surface area contributed by atoms with E-state index in [0.29, 0.717) is 0 Å². The Labute approximate surface area is 110 Å². The second-order valence-corrected chi connectivity index (χ2v) is 3.93. The second kappa shape index (κ2) is 5.14. The van der Waals surface area contributed by atoms with Gasteiger partial charge in [0.2, 0.25) is 6.79 Å². The van der Waals surface area contributed by atoms with E-state index in [0.717, 1.165) is 0 Å². The number of nitrogens with one attached hydrogen (secondary N) is 1. The van der Waals surface area contributed by atoms with E-state index in [9.17, 15) is 18.0 Å². The molecule has 2 rings (SSSR count). The van der Waals surface area contributed by atoms with Crippen LogP contribution in [0.4, 0.5) is 13.2 Å². The van der Waals surface area contributed by atoms with Crippen molar-refractivity contribution < 1.29 is 32.3 Å². The van der Waals surface area contributed by atoms with Gasteiger partial charge in [-0.1, -0.05) is 11.6 Å². The Morgan fingerprint density at radius 3 is 2.84 bits per heavy atom. The summed E-state index contributed by atoms with van der Waals surface area (Å²) >= 11 is 5.82. The molecule has 104 valence electrons. The lowest BCUT2D eigenvalue weighted by Crippen LogP contribution is -2.29. The van der Waals surface area contributed by atoms with Crippen LogP contribution >= 0.6 is 11.6 Å². The van der Waals surface area contributed by atoms with Crippen molar-refractivity contribution in [3.8, 4) is 11.5 Å². The summed E-state index contributed by atoms with van der Waals surface area (Å²) in [5, 5.41) is 0.121. The minimum atomic E-state index is -4.53. The maximum atomic E-state index is 11.8. The van der Waals surface area contributed by atoms with E-state index in [4.69, 9.17) is 21.1 Å². The van der Waals surface area contributed by atoms with E-state index in [1.807, 2.05) is 0 Å². The fourth-order valence-corrected chi connectivity index (χ4v) is 1.61. The maximum Gasteiger partial charge on any atom is 0.414 e. The summed E-state index contributed by atoms with van der Waals surface area (Å²) in [4.78, 5) is 15.6. The van der Waals surface area contributed by atoms with Gasteiger partial charge in [-0.15, -0.1) is 0 Å². The molecule has 0 unspecified atom stereocenters. The van der Waals surface area contributed by atoms with Gasteiger partial charge in [-0.05, 0) is 12.1 Å². The van der Waals surface area contributed by atoms with Gasteiger partial charge in [-0.3, -0.25) is 9.63 Å². The average Bonchev–Trinajstić information content (AvgIpc) is 2.75. The molecule has 1 aromatic carbocycles. The zero-order chi connectivity index (χ0) is 14.0. The van der Waals surface area contributed by atoms with Crippen molar-refractivity contribution in [2.45, 2.75) is 6.18 Å². The van der Waals surface area contributed by atoms with Crippen LogP contribution in [0, 0.1) is 0 Å². The average molecular weight is 298 g/mol. The molecule has 1 N–H and O–H groups in total. The summed E-state index contributed by atoms with van der Waals surface area (Å²) in [5.74, 6) is -0.340. The monoisotopic (exact) mass is 297 g/mol. The molecule has 1 aliphatic rings. The van der Waals surface area contributed by atoms with Crippen LogP contribution < -0.4 is 15.0 Å². The normalized spacial score (nSPS) is 13.5. The van der Waals surface area contributed by atoms with Crippen molar-refractivity contribution in [3.05, 3.63) is 22.7 Å². The van der Waals surface area contributed by atoms with Crippen LogP contribution in [0.15, 0.2) is 12.1 Å². The van der Waals surface area contributed by atoms with Gasteiger partial charge in [0.1, 0.15) is 0 Å². The maximum absolute atomic E-state index is 11.8. The van der Waals surface area contributed by atoms with Gasteiger partial charge in [0.05, 0.1) is 5.02 Å². The first kappa shape index (κ1) is 13.8. The van der Waals surface area contributed by atoms with Crippen LogP contribution in [0.1, 0.15) is 10.4 Å². The molecule has 0 atom stereocenters. The first-order chi connectivity index (χ1) is 8.87. The Kier molecular flexibility index (Phi) is 3.72. The second-order valence-electron chi connectivity index (χ2n) is 3.53. The van der Waals surface area contributed by atoms with Crippen LogP contribution in [0.3, 0.4) is 0 Å². The predicted molar refractivity (Wildman–Crippen MR) is 57.0 cm³/mol. The van der Waals surface area contributed by atoms with Crippen molar-refractivity contribution in [3.63, 3.8) is 0 Å². The summed E-state index contributed by atoms with van der Waals surface area (Å²) in [5.41, 5.74) is 1.66. The van der Waals surface area contributed by atoms with Gasteiger partial charge < -0.3 is 9.47 Å². The number of hydroxylamine groups is 1. The Bertz CT molecular complexity index is 506. The molecule has 5 nitrogen and oxygen atoms in total. The third-order valence-electron chi connectivity index (χ3n) is 2.09. The molecule has 0 bridgehead atoms.